The van der Waals surface area contributed by atoms with E-state index in [4.69, 9.17) is 16.3 Å². The quantitative estimate of drug-likeness (QED) is 0.669. The molecule has 0 bridgehead atoms. The first kappa shape index (κ1) is 9.17. The van der Waals surface area contributed by atoms with Crippen LogP contribution >= 0.6 is 0 Å². The Bertz CT molecular complexity index is 548. The molecule has 0 atom stereocenters. The van der Waals surface area contributed by atoms with Gasteiger partial charge in [-0.1, -0.05) is 12.1 Å². The van der Waals surface area contributed by atoms with Gasteiger partial charge in [-0.15, -0.1) is 10.2 Å². The summed E-state index contributed by atoms with van der Waals surface area (Å²) in [6.45, 7) is 1.31. The van der Waals surface area contributed by atoms with Gasteiger partial charge in [0.25, 0.3) is 0 Å². The molecule has 0 amide bonds. The number of ether oxygens (including phenoxy) is 1. The second-order valence-corrected chi connectivity index (χ2v) is 3.73. The van der Waals surface area contributed by atoms with Crippen molar-refractivity contribution in [2.24, 2.45) is 0 Å². The average molecular weight is 217 g/mol. The first-order valence-electron chi connectivity index (χ1n) is 4.91. The van der Waals surface area contributed by atoms with E-state index in [0.717, 1.165) is 5.56 Å². The Hall–Kier alpha value is -2.08. The van der Waals surface area contributed by atoms with Crippen LogP contribution in [0.2, 0.25) is 0 Å². The number of rotatable bonds is 1. The predicted molar refractivity (Wildman–Crippen MR) is 58.5 cm³/mol. The zero-order valence-electron chi connectivity index (χ0n) is 8.55. The first-order chi connectivity index (χ1) is 7.75. The molecule has 0 fully saturated rings. The lowest BCUT2D eigenvalue weighted by Crippen LogP contribution is -2.13. The van der Waals surface area contributed by atoms with Gasteiger partial charge in [0.2, 0.25) is 5.95 Å². The molecule has 3 rings (SSSR count). The van der Waals surface area contributed by atoms with Crippen LogP contribution in [-0.4, -0.2) is 14.9 Å². The van der Waals surface area contributed by atoms with E-state index in [9.17, 15) is 0 Å². The Kier molecular flexibility index (Phi) is 1.84. The molecule has 1 aromatic heterocycles. The van der Waals surface area contributed by atoms with Crippen molar-refractivity contribution in [2.75, 3.05) is 11.6 Å². The van der Waals surface area contributed by atoms with E-state index in [0.29, 0.717) is 19.0 Å². The van der Waals surface area contributed by atoms with Crippen LogP contribution in [0.4, 0.5) is 5.95 Å². The highest BCUT2D eigenvalue weighted by molar-refractivity contribution is 5.59. The number of nitrogens with zero attached hydrogens (tertiary/aromatic N) is 3. The smallest absolute Gasteiger partial charge is 0.241 e. The predicted octanol–water partition coefficient (Wildman–Crippen LogP) is 0.271. The van der Waals surface area contributed by atoms with E-state index in [1.165, 1.54) is 15.8 Å². The van der Waals surface area contributed by atoms with E-state index >= 15 is 0 Å². The Morgan fingerprint density at radius 2 is 2.00 bits per heavy atom. The van der Waals surface area contributed by atoms with Crippen molar-refractivity contribution in [3.05, 3.63) is 29.3 Å². The van der Waals surface area contributed by atoms with Crippen LogP contribution < -0.4 is 11.6 Å². The van der Waals surface area contributed by atoms with Crippen LogP contribution in [0.15, 0.2) is 18.2 Å². The number of anilines is 1. The van der Waals surface area contributed by atoms with Crippen LogP contribution in [0, 0.1) is 0 Å². The van der Waals surface area contributed by atoms with Crippen molar-refractivity contribution in [1.82, 2.24) is 14.9 Å². The standard InChI is InChI=1S/C10H11N5O/c11-10-14-13-9(15(10)12)6-1-2-7-4-16-5-8(7)3-6/h1-3H,4-5,12H2,(H2,11,14). The molecule has 0 radical (unpaired) electrons. The Labute approximate surface area is 91.8 Å². The van der Waals surface area contributed by atoms with Gasteiger partial charge in [-0.25, -0.2) is 4.68 Å². The SMILES string of the molecule is Nc1nnc(-c2ccc3c(c2)COC3)n1N. The molecule has 1 aromatic carbocycles. The number of nitrogen functional groups attached to an aromatic ring is 2. The minimum atomic E-state index is 0.201. The zero-order chi connectivity index (χ0) is 11.1. The van der Waals surface area contributed by atoms with Crippen molar-refractivity contribution in [3.63, 3.8) is 0 Å². The number of hydrogen-bond donors (Lipinski definition) is 2. The zero-order valence-corrected chi connectivity index (χ0v) is 8.55. The van der Waals surface area contributed by atoms with Crippen molar-refractivity contribution >= 4 is 5.95 Å². The summed E-state index contributed by atoms with van der Waals surface area (Å²) in [6.07, 6.45) is 0. The maximum atomic E-state index is 5.72. The molecular weight excluding hydrogens is 206 g/mol. The van der Waals surface area contributed by atoms with Gasteiger partial charge < -0.3 is 16.3 Å². The van der Waals surface area contributed by atoms with E-state index < -0.39 is 0 Å². The van der Waals surface area contributed by atoms with Crippen LogP contribution in [0.5, 0.6) is 0 Å². The van der Waals surface area contributed by atoms with Gasteiger partial charge in [0.05, 0.1) is 13.2 Å². The van der Waals surface area contributed by atoms with E-state index in [1.54, 1.807) is 0 Å². The fourth-order valence-electron chi connectivity index (χ4n) is 1.81. The maximum Gasteiger partial charge on any atom is 0.241 e. The molecular formula is C10H11N5O. The molecule has 4 N–H and O–H groups in total. The summed E-state index contributed by atoms with van der Waals surface area (Å²) < 4.78 is 6.62. The van der Waals surface area contributed by atoms with Crippen LogP contribution in [0.25, 0.3) is 11.4 Å². The number of fused-ring (bicyclic) bond motifs is 1. The summed E-state index contributed by atoms with van der Waals surface area (Å²) in [5.41, 5.74) is 8.80. The molecule has 82 valence electrons. The Morgan fingerprint density at radius 3 is 2.75 bits per heavy atom. The highest BCUT2D eigenvalue weighted by Crippen LogP contribution is 2.25. The summed E-state index contributed by atoms with van der Waals surface area (Å²) in [7, 11) is 0. The van der Waals surface area contributed by atoms with Crippen molar-refractivity contribution in [3.8, 4) is 11.4 Å². The molecule has 1 aliphatic rings. The Morgan fingerprint density at radius 1 is 1.19 bits per heavy atom. The third kappa shape index (κ3) is 1.24. The van der Waals surface area contributed by atoms with Crippen LogP contribution in [0.1, 0.15) is 11.1 Å². The third-order valence-electron chi connectivity index (χ3n) is 2.70. The minimum Gasteiger partial charge on any atom is -0.372 e. The topological polar surface area (TPSA) is 92.0 Å². The summed E-state index contributed by atoms with van der Waals surface area (Å²) in [5.74, 6) is 6.48. The third-order valence-corrected chi connectivity index (χ3v) is 2.70. The highest BCUT2D eigenvalue weighted by Gasteiger charge is 2.15. The summed E-state index contributed by atoms with van der Waals surface area (Å²) >= 11 is 0. The fourth-order valence-corrected chi connectivity index (χ4v) is 1.81. The summed E-state index contributed by atoms with van der Waals surface area (Å²) in [4.78, 5) is 0. The van der Waals surface area contributed by atoms with Gasteiger partial charge in [0.15, 0.2) is 5.82 Å². The molecule has 2 heterocycles. The maximum absolute atomic E-state index is 5.72. The summed E-state index contributed by atoms with van der Waals surface area (Å²) in [5, 5.41) is 7.65. The van der Waals surface area contributed by atoms with E-state index in [-0.39, 0.29) is 5.95 Å². The average Bonchev–Trinajstić information content (AvgIpc) is 2.86. The molecule has 16 heavy (non-hydrogen) atoms. The molecule has 0 spiro atoms. The van der Waals surface area contributed by atoms with Crippen LogP contribution in [0.3, 0.4) is 0 Å². The lowest BCUT2D eigenvalue weighted by atomic mass is 10.1. The summed E-state index contributed by atoms with van der Waals surface area (Å²) in [6, 6.07) is 5.97. The molecule has 6 nitrogen and oxygen atoms in total. The molecule has 0 saturated heterocycles. The van der Waals surface area contributed by atoms with Gasteiger partial charge >= 0.3 is 0 Å². The molecule has 6 heteroatoms. The normalized spacial score (nSPS) is 14.0. The molecule has 2 aromatic rings. The number of hydrogen-bond acceptors (Lipinski definition) is 5. The number of benzene rings is 1. The lowest BCUT2D eigenvalue weighted by Gasteiger charge is -2.03. The van der Waals surface area contributed by atoms with Gasteiger partial charge in [-0.05, 0) is 17.2 Å². The van der Waals surface area contributed by atoms with Gasteiger partial charge in [-0.2, -0.15) is 0 Å². The largest absolute Gasteiger partial charge is 0.372 e. The minimum absolute atomic E-state index is 0.201. The number of nitrogens with two attached hydrogens (primary N) is 2. The van der Waals surface area contributed by atoms with E-state index in [1.807, 2.05) is 18.2 Å². The monoisotopic (exact) mass is 217 g/mol. The molecule has 0 aliphatic carbocycles. The van der Waals surface area contributed by atoms with Crippen LogP contribution in [-0.2, 0) is 18.0 Å². The fraction of sp³-hybridized carbons (Fsp3) is 0.200. The second kappa shape index (κ2) is 3.21. The van der Waals surface area contributed by atoms with E-state index in [2.05, 4.69) is 10.2 Å². The van der Waals surface area contributed by atoms with Crippen molar-refractivity contribution < 1.29 is 4.74 Å². The first-order valence-corrected chi connectivity index (χ1v) is 4.91. The van der Waals surface area contributed by atoms with Gasteiger partial charge in [0, 0.05) is 5.56 Å². The highest BCUT2D eigenvalue weighted by atomic mass is 16.5. The molecule has 1 aliphatic heterocycles. The van der Waals surface area contributed by atoms with Crippen molar-refractivity contribution in [2.45, 2.75) is 13.2 Å². The van der Waals surface area contributed by atoms with Gasteiger partial charge in [0.1, 0.15) is 0 Å². The van der Waals surface area contributed by atoms with Gasteiger partial charge in [-0.3, -0.25) is 0 Å². The second-order valence-electron chi connectivity index (χ2n) is 3.73. The number of aromatic nitrogens is 3. The Balaban J connectivity index is 2.10. The van der Waals surface area contributed by atoms with Crippen molar-refractivity contribution in [1.29, 1.82) is 0 Å². The lowest BCUT2D eigenvalue weighted by molar-refractivity contribution is 0.134. The molecule has 0 saturated carbocycles. The molecule has 0 unspecified atom stereocenters.